The second-order valence-electron chi connectivity index (χ2n) is 33.5. The minimum absolute atomic E-state index is 0.669. The van der Waals surface area contributed by atoms with Crippen molar-refractivity contribution in [2.24, 2.45) is 0 Å². The fraction of sp³-hybridized carbons (Fsp3) is 0. The molecule has 0 unspecified atom stereocenters. The average Bonchev–Trinajstić information content (AvgIpc) is 1.55. The molecule has 0 saturated carbocycles. The molecule has 0 radical (unpaired) electrons. The van der Waals surface area contributed by atoms with Crippen LogP contribution in [0, 0.1) is 0 Å². The molecular formula is C120H74N10. The summed E-state index contributed by atoms with van der Waals surface area (Å²) in [4.78, 5) is 31.1. The van der Waals surface area contributed by atoms with Crippen LogP contribution >= 0.6 is 0 Å². The van der Waals surface area contributed by atoms with Crippen molar-refractivity contribution in [2.45, 2.75) is 0 Å². The van der Waals surface area contributed by atoms with E-state index in [1.165, 1.54) is 154 Å². The standard InChI is InChI=1S/C51H33N3.C38H23N3.C31H18N4/c1-3-13-38(14-4-1)53(39-15-5-2-6-16-39)40-26-21-34(22-27-40)35-23-28-41(29-24-35)54-47-30-25-36-12-11-19-44-42-17-7-8-18-43(42)45-32-37(46-20-9-10-31-52-46)33-48(54)50(45)51(47)49(36)44;1-2-10-24(11-3-1)32-17-9-18-35(40-32)41-33-20-19-25-12-8-15-29-27-13-4-5-14-28(27)30-22-26(31-16-6-7-21-39-31)23-34(41)37(30)38(33)36(25)29;1-2-9-22-21(8-1)23-10-5-7-19-12-13-26-30(28(19)23)29-24(22)17-20(25-11-3-4-14-32-25)18-27(29)35(26)31-33-15-6-16-34-31/h1-33H;1-23H;1-18H. The van der Waals surface area contributed by atoms with E-state index in [0.29, 0.717) is 5.95 Å². The summed E-state index contributed by atoms with van der Waals surface area (Å²) >= 11 is 0. The van der Waals surface area contributed by atoms with Gasteiger partial charge in [0.15, 0.2) is 0 Å². The fourth-order valence-electron chi connectivity index (χ4n) is 20.9. The summed E-state index contributed by atoms with van der Waals surface area (Å²) in [5.41, 5.74) is 36.9. The lowest BCUT2D eigenvalue weighted by Gasteiger charge is -2.25. The van der Waals surface area contributed by atoms with Crippen molar-refractivity contribution >= 4 is 115 Å². The molecule has 28 rings (SSSR count). The Morgan fingerprint density at radius 2 is 0.515 bits per heavy atom. The molecule has 130 heavy (non-hydrogen) atoms. The highest BCUT2D eigenvalue weighted by molar-refractivity contribution is 6.34. The molecule has 0 aliphatic heterocycles. The van der Waals surface area contributed by atoms with E-state index in [-0.39, 0.29) is 0 Å². The number of aromatic nitrogens is 9. The van der Waals surface area contributed by atoms with Crippen molar-refractivity contribution in [3.63, 3.8) is 0 Å². The first-order valence-corrected chi connectivity index (χ1v) is 44.1. The van der Waals surface area contributed by atoms with Gasteiger partial charge in [-0.2, -0.15) is 0 Å². The maximum atomic E-state index is 5.23. The number of benzene rings is 17. The maximum absolute atomic E-state index is 5.23. The number of pyridine rings is 4. The highest BCUT2D eigenvalue weighted by Gasteiger charge is 2.31. The molecule has 10 heteroatoms. The number of hydrogen-bond acceptors (Lipinski definition) is 7. The summed E-state index contributed by atoms with van der Waals surface area (Å²) in [5.74, 6) is 1.57. The second-order valence-corrected chi connectivity index (χ2v) is 33.5. The Kier molecular flexibility index (Phi) is 17.1. The zero-order valence-electron chi connectivity index (χ0n) is 70.2. The van der Waals surface area contributed by atoms with Crippen LogP contribution in [0.1, 0.15) is 0 Å². The maximum Gasteiger partial charge on any atom is 0.234 e. The molecule has 8 heterocycles. The van der Waals surface area contributed by atoms with Gasteiger partial charge in [0, 0.05) is 108 Å². The third-order valence-corrected chi connectivity index (χ3v) is 26.4. The van der Waals surface area contributed by atoms with Crippen molar-refractivity contribution in [3.05, 3.63) is 450 Å². The molecule has 25 aromatic rings. The van der Waals surface area contributed by atoms with Gasteiger partial charge in [-0.15, -0.1) is 0 Å². The Balaban J connectivity index is 0.000000105. The molecule has 0 spiro atoms. The molecule has 3 aliphatic rings. The quantitative estimate of drug-likeness (QED) is 0.127. The molecule has 17 aromatic carbocycles. The monoisotopic (exact) mass is 1650 g/mol. The van der Waals surface area contributed by atoms with Crippen LogP contribution < -0.4 is 4.90 Å². The van der Waals surface area contributed by atoms with E-state index >= 15 is 0 Å². The lowest BCUT2D eigenvalue weighted by molar-refractivity contribution is 0.989. The van der Waals surface area contributed by atoms with Crippen molar-refractivity contribution < 1.29 is 0 Å². The largest absolute Gasteiger partial charge is 0.311 e. The van der Waals surface area contributed by atoms with Crippen LogP contribution in [0.25, 0.3) is 238 Å². The van der Waals surface area contributed by atoms with Gasteiger partial charge in [-0.1, -0.05) is 261 Å². The smallest absolute Gasteiger partial charge is 0.234 e. The number of rotatable bonds is 11. The molecule has 10 nitrogen and oxygen atoms in total. The van der Waals surface area contributed by atoms with Crippen LogP contribution in [0.15, 0.2) is 450 Å². The van der Waals surface area contributed by atoms with Crippen LogP contribution in [0.4, 0.5) is 17.1 Å². The van der Waals surface area contributed by atoms with E-state index in [1.807, 2.05) is 55.0 Å². The van der Waals surface area contributed by atoms with E-state index in [9.17, 15) is 0 Å². The Labute approximate surface area is 748 Å². The second kappa shape index (κ2) is 30.1. The van der Waals surface area contributed by atoms with E-state index in [4.69, 9.17) is 15.0 Å². The van der Waals surface area contributed by atoms with Gasteiger partial charge in [-0.3, -0.25) is 24.1 Å². The number of para-hydroxylation sites is 2. The Bertz CT molecular complexity index is 8820. The van der Waals surface area contributed by atoms with Gasteiger partial charge in [0.2, 0.25) is 5.95 Å². The van der Waals surface area contributed by atoms with E-state index < -0.39 is 0 Å². The van der Waals surface area contributed by atoms with Gasteiger partial charge in [0.05, 0.1) is 55.9 Å². The summed E-state index contributed by atoms with van der Waals surface area (Å²) < 4.78 is 7.00. The highest BCUT2D eigenvalue weighted by atomic mass is 15.2. The number of fused-ring (bicyclic) bond motifs is 9. The normalized spacial score (nSPS) is 11.8. The van der Waals surface area contributed by atoms with Crippen LogP contribution in [0.2, 0.25) is 0 Å². The van der Waals surface area contributed by atoms with Gasteiger partial charge in [0.1, 0.15) is 5.82 Å². The van der Waals surface area contributed by atoms with E-state index in [0.717, 1.165) is 95.7 Å². The summed E-state index contributed by atoms with van der Waals surface area (Å²) in [5, 5.41) is 15.2. The molecule has 8 aromatic heterocycles. The highest BCUT2D eigenvalue weighted by Crippen LogP contribution is 2.56. The van der Waals surface area contributed by atoms with Crippen LogP contribution in [-0.2, 0) is 0 Å². The first-order chi connectivity index (χ1) is 64.5. The van der Waals surface area contributed by atoms with E-state index in [2.05, 4.69) is 416 Å². The van der Waals surface area contributed by atoms with E-state index in [1.54, 1.807) is 12.4 Å². The Morgan fingerprint density at radius 1 is 0.177 bits per heavy atom. The van der Waals surface area contributed by atoms with Gasteiger partial charge in [0.25, 0.3) is 0 Å². The van der Waals surface area contributed by atoms with Crippen molar-refractivity contribution in [3.8, 4) is 140 Å². The third kappa shape index (κ3) is 11.8. The SMILES string of the molecule is c1ccc(-c2cc3c4c5c6c(cccc6ccc5n(-c5ncccn5)c4c2)-c2ccccc2-3)nc1.c1ccc(-c2cccc(-n3c4cc(-c5ccccn5)cc5c4c4c6c(cccc6ccc43)-c3ccccc3-5)n2)cc1.c1ccc(N(c2ccccc2)c2ccc(-c3ccc(-n4c5cc(-c6ccccn6)cc6c5c5c7c(cccc7ccc54)-c4ccccc4-6)cc3)cc2)cc1. The van der Waals surface area contributed by atoms with Crippen LogP contribution in [0.5, 0.6) is 0 Å². The minimum atomic E-state index is 0.669. The van der Waals surface area contributed by atoms with Gasteiger partial charge < -0.3 is 9.47 Å². The molecule has 0 bridgehead atoms. The molecule has 3 aliphatic carbocycles. The number of hydrogen-bond donors (Lipinski definition) is 0. The molecule has 0 saturated heterocycles. The molecular weight excluding hydrogens is 1580 g/mol. The first kappa shape index (κ1) is 73.9. The molecule has 0 amide bonds. The number of nitrogens with zero attached hydrogens (tertiary/aromatic N) is 10. The Morgan fingerprint density at radius 3 is 0.946 bits per heavy atom. The first-order valence-electron chi connectivity index (χ1n) is 44.1. The molecule has 0 fully saturated rings. The minimum Gasteiger partial charge on any atom is -0.311 e. The van der Waals surface area contributed by atoms with Crippen molar-refractivity contribution in [1.82, 2.24) is 43.6 Å². The molecule has 0 N–H and O–H groups in total. The zero-order valence-corrected chi connectivity index (χ0v) is 70.2. The van der Waals surface area contributed by atoms with Crippen molar-refractivity contribution in [2.75, 3.05) is 4.90 Å². The zero-order chi connectivity index (χ0) is 85.4. The predicted octanol–water partition coefficient (Wildman–Crippen LogP) is 30.9. The number of anilines is 3. The van der Waals surface area contributed by atoms with Gasteiger partial charge in [-0.05, 0) is 268 Å². The van der Waals surface area contributed by atoms with Gasteiger partial charge >= 0.3 is 0 Å². The summed E-state index contributed by atoms with van der Waals surface area (Å²) in [6.45, 7) is 0. The Hall–Kier alpha value is -17.6. The summed E-state index contributed by atoms with van der Waals surface area (Å²) in [6, 6.07) is 150. The fourth-order valence-corrected chi connectivity index (χ4v) is 20.9. The average molecular weight is 1660 g/mol. The van der Waals surface area contributed by atoms with Crippen LogP contribution in [-0.4, -0.2) is 43.6 Å². The third-order valence-electron chi connectivity index (χ3n) is 26.4. The van der Waals surface area contributed by atoms with Crippen LogP contribution in [0.3, 0.4) is 0 Å². The molecule has 0 atom stereocenters. The lowest BCUT2D eigenvalue weighted by atomic mass is 9.92. The van der Waals surface area contributed by atoms with Gasteiger partial charge in [-0.25, -0.2) is 15.0 Å². The summed E-state index contributed by atoms with van der Waals surface area (Å²) in [7, 11) is 0. The molecule has 604 valence electrons. The lowest BCUT2D eigenvalue weighted by Crippen LogP contribution is -2.09. The predicted molar refractivity (Wildman–Crippen MR) is 537 cm³/mol. The summed E-state index contributed by atoms with van der Waals surface area (Å²) in [6.07, 6.45) is 9.20. The van der Waals surface area contributed by atoms with Crippen molar-refractivity contribution in [1.29, 1.82) is 0 Å². The topological polar surface area (TPSA) is 95.4 Å².